The molecule has 0 aliphatic heterocycles. The maximum Gasteiger partial charge on any atom is 0.261 e. The van der Waals surface area contributed by atoms with Crippen LogP contribution in [0.3, 0.4) is 0 Å². The number of carbonyl (C=O) groups excluding carboxylic acids is 1. The molecule has 9 heteroatoms. The normalized spacial score (nSPS) is 10.6. The highest BCUT2D eigenvalue weighted by Crippen LogP contribution is 2.40. The molecule has 1 amide bonds. The van der Waals surface area contributed by atoms with Gasteiger partial charge in [-0.15, -0.1) is 0 Å². The SMILES string of the molecule is O=C(Nc1cc(Cl)cc(Cl)c1O)c1c(O)c(Cl)cc(Cl)c1Cl. The van der Waals surface area contributed by atoms with Crippen LogP contribution in [0.2, 0.25) is 25.1 Å². The van der Waals surface area contributed by atoms with Crippen molar-refractivity contribution in [1.29, 1.82) is 0 Å². The van der Waals surface area contributed by atoms with Gasteiger partial charge in [-0.05, 0) is 18.2 Å². The Labute approximate surface area is 150 Å². The van der Waals surface area contributed by atoms with Crippen LogP contribution in [0.5, 0.6) is 11.5 Å². The largest absolute Gasteiger partial charge is 0.505 e. The van der Waals surface area contributed by atoms with Crippen LogP contribution in [0.1, 0.15) is 10.4 Å². The number of hydrogen-bond donors (Lipinski definition) is 3. The van der Waals surface area contributed by atoms with Crippen molar-refractivity contribution in [3.8, 4) is 11.5 Å². The molecule has 0 unspecified atom stereocenters. The Morgan fingerprint density at radius 2 is 1.45 bits per heavy atom. The molecule has 0 spiro atoms. The van der Waals surface area contributed by atoms with E-state index in [1.165, 1.54) is 18.2 Å². The molecule has 0 aliphatic carbocycles. The quantitative estimate of drug-likeness (QED) is 0.452. The summed E-state index contributed by atoms with van der Waals surface area (Å²) in [5.74, 6) is -1.77. The Bertz CT molecular complexity index is 753. The average molecular weight is 401 g/mol. The number of rotatable bonds is 2. The van der Waals surface area contributed by atoms with E-state index < -0.39 is 11.7 Å². The zero-order chi connectivity index (χ0) is 16.6. The molecule has 3 N–H and O–H groups in total. The highest BCUT2D eigenvalue weighted by molar-refractivity contribution is 6.46. The van der Waals surface area contributed by atoms with Gasteiger partial charge < -0.3 is 15.5 Å². The summed E-state index contributed by atoms with van der Waals surface area (Å²) in [5, 5.41) is 21.8. The Balaban J connectivity index is 2.47. The summed E-state index contributed by atoms with van der Waals surface area (Å²) in [7, 11) is 0. The van der Waals surface area contributed by atoms with E-state index in [2.05, 4.69) is 5.32 Å². The zero-order valence-corrected chi connectivity index (χ0v) is 14.2. The van der Waals surface area contributed by atoms with Crippen LogP contribution in [0.15, 0.2) is 18.2 Å². The zero-order valence-electron chi connectivity index (χ0n) is 10.4. The third kappa shape index (κ3) is 3.31. The molecule has 2 aromatic rings. The minimum atomic E-state index is -0.847. The summed E-state index contributed by atoms with van der Waals surface area (Å²) in [6.07, 6.45) is 0. The van der Waals surface area contributed by atoms with Gasteiger partial charge in [-0.3, -0.25) is 4.79 Å². The number of nitrogens with one attached hydrogen (secondary N) is 1. The summed E-state index contributed by atoms with van der Waals surface area (Å²) in [5.41, 5.74) is -0.399. The van der Waals surface area contributed by atoms with Crippen molar-refractivity contribution in [2.24, 2.45) is 0 Å². The van der Waals surface area contributed by atoms with Crippen LogP contribution in [0.25, 0.3) is 0 Å². The average Bonchev–Trinajstić information content (AvgIpc) is 2.42. The fourth-order valence-corrected chi connectivity index (χ4v) is 2.83. The minimum Gasteiger partial charge on any atom is -0.505 e. The summed E-state index contributed by atoms with van der Waals surface area (Å²) < 4.78 is 0. The van der Waals surface area contributed by atoms with Crippen LogP contribution in [0.4, 0.5) is 5.69 Å². The number of carbonyl (C=O) groups is 1. The van der Waals surface area contributed by atoms with Crippen molar-refractivity contribution in [1.82, 2.24) is 0 Å². The van der Waals surface area contributed by atoms with Crippen molar-refractivity contribution < 1.29 is 15.0 Å². The van der Waals surface area contributed by atoms with E-state index in [1.54, 1.807) is 0 Å². The second-order valence-corrected chi connectivity index (χ2v) is 6.15. The van der Waals surface area contributed by atoms with Gasteiger partial charge in [0.2, 0.25) is 0 Å². The lowest BCUT2D eigenvalue weighted by molar-refractivity contribution is 0.102. The van der Waals surface area contributed by atoms with Crippen molar-refractivity contribution in [3.05, 3.63) is 48.9 Å². The highest BCUT2D eigenvalue weighted by Gasteiger charge is 2.22. The number of aromatic hydroxyl groups is 2. The van der Waals surface area contributed by atoms with Gasteiger partial charge in [-0.2, -0.15) is 0 Å². The number of hydrogen-bond acceptors (Lipinski definition) is 3. The number of anilines is 1. The number of benzene rings is 2. The maximum atomic E-state index is 12.3. The third-order valence-corrected chi connectivity index (χ3v) is 4.23. The second kappa shape index (κ2) is 6.60. The standard InChI is InChI=1S/C13H6Cl5NO3/c14-4-1-6(16)11(20)8(2-4)19-13(22)9-10(18)5(15)3-7(17)12(9)21/h1-3,20-21H,(H,19,22). The minimum absolute atomic E-state index is 0.0111. The summed E-state index contributed by atoms with van der Waals surface area (Å²) >= 11 is 29.0. The van der Waals surface area contributed by atoms with Crippen LogP contribution in [-0.2, 0) is 0 Å². The van der Waals surface area contributed by atoms with Gasteiger partial charge in [0, 0.05) is 5.02 Å². The van der Waals surface area contributed by atoms with Crippen molar-refractivity contribution in [2.75, 3.05) is 5.32 Å². The van der Waals surface area contributed by atoms with E-state index in [0.29, 0.717) is 0 Å². The fraction of sp³-hybridized carbons (Fsp3) is 0. The van der Waals surface area contributed by atoms with Gasteiger partial charge in [-0.25, -0.2) is 0 Å². The third-order valence-electron chi connectivity index (χ3n) is 2.65. The number of halogens is 5. The van der Waals surface area contributed by atoms with E-state index in [0.717, 1.165) is 0 Å². The number of amides is 1. The molecule has 0 fully saturated rings. The molecule has 2 aromatic carbocycles. The first-order valence-corrected chi connectivity index (χ1v) is 7.47. The Hall–Kier alpha value is -1.04. The van der Waals surface area contributed by atoms with Gasteiger partial charge in [0.25, 0.3) is 5.91 Å². The number of phenolic OH excluding ortho intramolecular Hbond substituents is 2. The predicted octanol–water partition coefficient (Wildman–Crippen LogP) is 5.62. The fourth-order valence-electron chi connectivity index (χ4n) is 1.64. The molecule has 22 heavy (non-hydrogen) atoms. The molecule has 116 valence electrons. The Morgan fingerprint density at radius 1 is 0.864 bits per heavy atom. The lowest BCUT2D eigenvalue weighted by Crippen LogP contribution is -2.13. The van der Waals surface area contributed by atoms with Crippen LogP contribution in [-0.4, -0.2) is 16.1 Å². The molecule has 0 aliphatic rings. The van der Waals surface area contributed by atoms with Gasteiger partial charge in [0.05, 0.1) is 25.8 Å². The smallest absolute Gasteiger partial charge is 0.261 e. The van der Waals surface area contributed by atoms with Crippen LogP contribution < -0.4 is 5.32 Å². The summed E-state index contributed by atoms with van der Waals surface area (Å²) in [6.45, 7) is 0. The molecular formula is C13H6Cl5NO3. The van der Waals surface area contributed by atoms with Gasteiger partial charge in [0.1, 0.15) is 11.3 Å². The lowest BCUT2D eigenvalue weighted by atomic mass is 10.1. The molecule has 0 atom stereocenters. The Kier molecular flexibility index (Phi) is 5.20. The highest BCUT2D eigenvalue weighted by atomic mass is 35.5. The topological polar surface area (TPSA) is 69.6 Å². The van der Waals surface area contributed by atoms with Crippen LogP contribution >= 0.6 is 58.0 Å². The molecule has 2 rings (SSSR count). The van der Waals surface area contributed by atoms with E-state index in [-0.39, 0.29) is 42.1 Å². The molecular weight excluding hydrogens is 395 g/mol. The lowest BCUT2D eigenvalue weighted by Gasteiger charge is -2.12. The molecule has 0 saturated heterocycles. The van der Waals surface area contributed by atoms with E-state index in [1.807, 2.05) is 0 Å². The molecule has 0 radical (unpaired) electrons. The van der Waals surface area contributed by atoms with E-state index in [9.17, 15) is 15.0 Å². The predicted molar refractivity (Wildman–Crippen MR) is 89.2 cm³/mol. The molecule has 4 nitrogen and oxygen atoms in total. The maximum absolute atomic E-state index is 12.3. The summed E-state index contributed by atoms with van der Waals surface area (Å²) in [6, 6.07) is 3.78. The summed E-state index contributed by atoms with van der Waals surface area (Å²) in [4.78, 5) is 12.3. The van der Waals surface area contributed by atoms with Gasteiger partial charge in [-0.1, -0.05) is 58.0 Å². The van der Waals surface area contributed by atoms with E-state index in [4.69, 9.17) is 58.0 Å². The van der Waals surface area contributed by atoms with E-state index >= 15 is 0 Å². The first-order chi connectivity index (χ1) is 10.2. The first-order valence-electron chi connectivity index (χ1n) is 5.58. The monoisotopic (exact) mass is 399 g/mol. The van der Waals surface area contributed by atoms with Crippen molar-refractivity contribution >= 4 is 69.6 Å². The number of phenols is 2. The second-order valence-electron chi connectivity index (χ2n) is 4.12. The Morgan fingerprint density at radius 3 is 2.09 bits per heavy atom. The molecule has 0 saturated carbocycles. The van der Waals surface area contributed by atoms with Crippen molar-refractivity contribution in [2.45, 2.75) is 0 Å². The molecule has 0 heterocycles. The molecule has 0 aromatic heterocycles. The van der Waals surface area contributed by atoms with Crippen molar-refractivity contribution in [3.63, 3.8) is 0 Å². The molecule has 0 bridgehead atoms. The first kappa shape index (κ1) is 17.3. The van der Waals surface area contributed by atoms with Crippen LogP contribution in [0, 0.1) is 0 Å². The van der Waals surface area contributed by atoms with Gasteiger partial charge in [0.15, 0.2) is 5.75 Å². The van der Waals surface area contributed by atoms with Gasteiger partial charge >= 0.3 is 0 Å².